The number of hydrogen-bond acceptors (Lipinski definition) is 3. The van der Waals surface area contributed by atoms with Crippen LogP contribution in [0.25, 0.3) is 0 Å². The smallest absolute Gasteiger partial charge is 0.230 e. The molecule has 2 aromatic rings. The fraction of sp³-hybridized carbons (Fsp3) is 0.316. The second-order valence-electron chi connectivity index (χ2n) is 5.28. The van der Waals surface area contributed by atoms with Crippen LogP contribution in [0.5, 0.6) is 5.75 Å². The van der Waals surface area contributed by atoms with Crippen molar-refractivity contribution in [1.82, 2.24) is 5.32 Å². The lowest BCUT2D eigenvalue weighted by atomic mass is 10.2. The first-order chi connectivity index (χ1) is 11.7. The van der Waals surface area contributed by atoms with Gasteiger partial charge in [-0.15, -0.1) is 11.8 Å². The maximum Gasteiger partial charge on any atom is 0.230 e. The first-order valence-corrected chi connectivity index (χ1v) is 9.52. The Bertz CT molecular complexity index is 646. The van der Waals surface area contributed by atoms with Gasteiger partial charge in [-0.3, -0.25) is 4.79 Å². The minimum Gasteiger partial charge on any atom is -0.492 e. The van der Waals surface area contributed by atoms with E-state index in [1.165, 1.54) is 5.56 Å². The predicted molar refractivity (Wildman–Crippen MR) is 102 cm³/mol. The Kier molecular flexibility index (Phi) is 7.99. The van der Waals surface area contributed by atoms with Crippen LogP contribution in [0.4, 0.5) is 0 Å². The van der Waals surface area contributed by atoms with E-state index in [2.05, 4.69) is 24.4 Å². The molecule has 0 aliphatic rings. The molecule has 0 unspecified atom stereocenters. The maximum atomic E-state index is 11.8. The van der Waals surface area contributed by atoms with E-state index in [4.69, 9.17) is 16.3 Å². The highest BCUT2D eigenvalue weighted by Crippen LogP contribution is 2.20. The molecule has 0 radical (unpaired) electrons. The fourth-order valence-corrected chi connectivity index (χ4v) is 3.24. The van der Waals surface area contributed by atoms with Gasteiger partial charge in [-0.25, -0.2) is 0 Å². The quantitative estimate of drug-likeness (QED) is 0.674. The molecule has 0 aliphatic heterocycles. The topological polar surface area (TPSA) is 38.3 Å². The summed E-state index contributed by atoms with van der Waals surface area (Å²) in [5, 5.41) is 3.60. The number of thioether (sulfide) groups is 1. The SMILES string of the molecule is CCc1ccc(OCCNC(=O)CSCc2ccccc2Cl)cc1. The Morgan fingerprint density at radius 1 is 1.17 bits per heavy atom. The molecule has 128 valence electrons. The summed E-state index contributed by atoms with van der Waals surface area (Å²) in [6.07, 6.45) is 1.02. The highest BCUT2D eigenvalue weighted by molar-refractivity contribution is 7.99. The van der Waals surface area contributed by atoms with Gasteiger partial charge in [0.25, 0.3) is 0 Å². The maximum absolute atomic E-state index is 11.8. The van der Waals surface area contributed by atoms with Crippen molar-refractivity contribution < 1.29 is 9.53 Å². The third kappa shape index (κ3) is 6.46. The number of amides is 1. The number of hydrogen-bond donors (Lipinski definition) is 1. The van der Waals surface area contributed by atoms with Gasteiger partial charge in [-0.1, -0.05) is 48.9 Å². The number of benzene rings is 2. The number of nitrogens with one attached hydrogen (secondary N) is 1. The molecule has 0 saturated carbocycles. The van der Waals surface area contributed by atoms with Gasteiger partial charge in [0.2, 0.25) is 5.91 Å². The molecule has 0 heterocycles. The summed E-state index contributed by atoms with van der Waals surface area (Å²) in [5.41, 5.74) is 2.34. The lowest BCUT2D eigenvalue weighted by Gasteiger charge is -2.08. The van der Waals surface area contributed by atoms with E-state index in [-0.39, 0.29) is 5.91 Å². The molecule has 2 rings (SSSR count). The van der Waals surface area contributed by atoms with E-state index in [0.717, 1.165) is 28.5 Å². The second kappa shape index (κ2) is 10.3. The highest BCUT2D eigenvalue weighted by atomic mass is 35.5. The van der Waals surface area contributed by atoms with Crippen molar-refractivity contribution in [3.8, 4) is 5.75 Å². The molecule has 0 spiro atoms. The molecule has 5 heteroatoms. The summed E-state index contributed by atoms with van der Waals surface area (Å²) in [6, 6.07) is 15.7. The number of ether oxygens (including phenoxy) is 1. The normalized spacial score (nSPS) is 10.4. The molecule has 0 saturated heterocycles. The van der Waals surface area contributed by atoms with Crippen LogP contribution in [0.2, 0.25) is 5.02 Å². The average molecular weight is 364 g/mol. The van der Waals surface area contributed by atoms with Crippen LogP contribution in [0.3, 0.4) is 0 Å². The molecule has 2 aromatic carbocycles. The van der Waals surface area contributed by atoms with Crippen molar-refractivity contribution in [2.24, 2.45) is 0 Å². The van der Waals surface area contributed by atoms with Crippen molar-refractivity contribution in [2.75, 3.05) is 18.9 Å². The van der Waals surface area contributed by atoms with Gasteiger partial charge in [0.1, 0.15) is 12.4 Å². The largest absolute Gasteiger partial charge is 0.492 e. The highest BCUT2D eigenvalue weighted by Gasteiger charge is 2.04. The lowest BCUT2D eigenvalue weighted by molar-refractivity contribution is -0.118. The van der Waals surface area contributed by atoms with Crippen molar-refractivity contribution in [3.63, 3.8) is 0 Å². The molecular formula is C19H22ClNO2S. The monoisotopic (exact) mass is 363 g/mol. The predicted octanol–water partition coefficient (Wildman–Crippen LogP) is 4.33. The first kappa shape index (κ1) is 18.7. The van der Waals surface area contributed by atoms with Gasteiger partial charge >= 0.3 is 0 Å². The van der Waals surface area contributed by atoms with Gasteiger partial charge in [-0.2, -0.15) is 0 Å². The standard InChI is InChI=1S/C19H22ClNO2S/c1-2-15-7-9-17(10-8-15)23-12-11-21-19(22)14-24-13-16-5-3-4-6-18(16)20/h3-10H,2,11-14H2,1H3,(H,21,22). The summed E-state index contributed by atoms with van der Waals surface area (Å²) in [7, 11) is 0. The number of carbonyl (C=O) groups excluding carboxylic acids is 1. The van der Waals surface area contributed by atoms with Crippen LogP contribution in [0.1, 0.15) is 18.1 Å². The zero-order chi connectivity index (χ0) is 17.2. The molecule has 3 nitrogen and oxygen atoms in total. The van der Waals surface area contributed by atoms with Gasteiger partial charge in [-0.05, 0) is 35.7 Å². The number of aryl methyl sites for hydroxylation is 1. The van der Waals surface area contributed by atoms with E-state index in [9.17, 15) is 4.79 Å². The molecule has 0 aliphatic carbocycles. The van der Waals surface area contributed by atoms with Crippen LogP contribution in [0.15, 0.2) is 48.5 Å². The third-order valence-electron chi connectivity index (χ3n) is 3.47. The number of rotatable bonds is 9. The van der Waals surface area contributed by atoms with Crippen molar-refractivity contribution >= 4 is 29.3 Å². The van der Waals surface area contributed by atoms with Crippen LogP contribution in [-0.2, 0) is 17.0 Å². The minimum atomic E-state index is 0.0111. The Morgan fingerprint density at radius 3 is 2.62 bits per heavy atom. The van der Waals surface area contributed by atoms with E-state index >= 15 is 0 Å². The lowest BCUT2D eigenvalue weighted by Crippen LogP contribution is -2.29. The third-order valence-corrected chi connectivity index (χ3v) is 4.82. The number of carbonyl (C=O) groups is 1. The Labute approximate surface area is 152 Å². The molecule has 0 atom stereocenters. The zero-order valence-corrected chi connectivity index (χ0v) is 15.3. The molecular weight excluding hydrogens is 342 g/mol. The van der Waals surface area contributed by atoms with Gasteiger partial charge in [0, 0.05) is 10.8 Å². The van der Waals surface area contributed by atoms with Crippen LogP contribution >= 0.6 is 23.4 Å². The minimum absolute atomic E-state index is 0.0111. The average Bonchev–Trinajstić information content (AvgIpc) is 2.61. The van der Waals surface area contributed by atoms with Gasteiger partial charge in [0.05, 0.1) is 12.3 Å². The van der Waals surface area contributed by atoms with Crippen molar-refractivity contribution in [1.29, 1.82) is 0 Å². The molecule has 0 bridgehead atoms. The van der Waals surface area contributed by atoms with E-state index in [0.29, 0.717) is 18.9 Å². The summed E-state index contributed by atoms with van der Waals surface area (Å²) in [4.78, 5) is 11.8. The first-order valence-electron chi connectivity index (χ1n) is 7.98. The summed E-state index contributed by atoms with van der Waals surface area (Å²) < 4.78 is 5.61. The van der Waals surface area contributed by atoms with E-state index < -0.39 is 0 Å². The second-order valence-corrected chi connectivity index (χ2v) is 6.67. The van der Waals surface area contributed by atoms with Crippen LogP contribution in [0, 0.1) is 0 Å². The van der Waals surface area contributed by atoms with E-state index in [1.54, 1.807) is 11.8 Å². The fourth-order valence-electron chi connectivity index (χ4n) is 2.10. The zero-order valence-electron chi connectivity index (χ0n) is 13.8. The van der Waals surface area contributed by atoms with Crippen LogP contribution < -0.4 is 10.1 Å². The summed E-state index contributed by atoms with van der Waals surface area (Å²) in [5.74, 6) is 1.98. The Balaban J connectivity index is 1.58. The Hall–Kier alpha value is -1.65. The van der Waals surface area contributed by atoms with E-state index in [1.807, 2.05) is 36.4 Å². The molecule has 24 heavy (non-hydrogen) atoms. The van der Waals surface area contributed by atoms with Crippen LogP contribution in [-0.4, -0.2) is 24.8 Å². The molecule has 0 aromatic heterocycles. The van der Waals surface area contributed by atoms with Crippen molar-refractivity contribution in [2.45, 2.75) is 19.1 Å². The molecule has 0 fully saturated rings. The summed E-state index contributed by atoms with van der Waals surface area (Å²) >= 11 is 7.64. The number of halogens is 1. The summed E-state index contributed by atoms with van der Waals surface area (Å²) in [6.45, 7) is 3.09. The van der Waals surface area contributed by atoms with Gasteiger partial charge in [0.15, 0.2) is 0 Å². The van der Waals surface area contributed by atoms with Gasteiger partial charge < -0.3 is 10.1 Å². The van der Waals surface area contributed by atoms with Crippen molar-refractivity contribution in [3.05, 3.63) is 64.7 Å². The molecule has 1 amide bonds. The molecule has 1 N–H and O–H groups in total. The Morgan fingerprint density at radius 2 is 1.92 bits per heavy atom.